The minimum absolute atomic E-state index is 0. The smallest absolute Gasteiger partial charge is 0.759 e. The number of esters is 1. The van der Waals surface area contributed by atoms with E-state index in [1.807, 2.05) is 6.92 Å². The van der Waals surface area contributed by atoms with E-state index in [0.717, 1.165) is 6.42 Å². The third-order valence-electron chi connectivity index (χ3n) is 0.786. The van der Waals surface area contributed by atoms with Gasteiger partial charge in [-0.1, -0.05) is 13.5 Å². The molecular weight excluding hydrogens is 290 g/mol. The second kappa shape index (κ2) is 15.4. The number of rotatable bonds is 3. The van der Waals surface area contributed by atoms with E-state index in [4.69, 9.17) is 22.3 Å². The molecule has 0 atom stereocenters. The first-order valence-electron chi connectivity index (χ1n) is 3.67. The number of carbonyl (C=O) groups is 1. The molecular formula is C7H12K2O6S. The molecule has 0 heterocycles. The van der Waals surface area contributed by atoms with Gasteiger partial charge in [0.05, 0.1) is 6.61 Å². The standard InChI is InChI=1S/C7H12O2.2K.H2O4S/c1-4-5-9-7(8)6(2)3;;;1-5(2,3)4/h2,4-5H2,1,3H3;;;(H2,1,2,3,4)/q;2*+1;/p-2. The van der Waals surface area contributed by atoms with Gasteiger partial charge >= 0.3 is 109 Å². The van der Waals surface area contributed by atoms with E-state index in [9.17, 15) is 4.79 Å². The molecule has 9 heteroatoms. The molecule has 0 aliphatic heterocycles. The van der Waals surface area contributed by atoms with Gasteiger partial charge in [-0.05, 0) is 13.3 Å². The van der Waals surface area contributed by atoms with E-state index >= 15 is 0 Å². The number of hydrogen-bond acceptors (Lipinski definition) is 6. The first-order valence-corrected chi connectivity index (χ1v) is 5.01. The molecule has 0 fully saturated rings. The van der Waals surface area contributed by atoms with Crippen LogP contribution in [0.5, 0.6) is 0 Å². The van der Waals surface area contributed by atoms with Crippen molar-refractivity contribution in [2.24, 2.45) is 0 Å². The molecule has 0 spiro atoms. The van der Waals surface area contributed by atoms with Crippen LogP contribution in [0.4, 0.5) is 0 Å². The van der Waals surface area contributed by atoms with Crippen molar-refractivity contribution in [1.29, 1.82) is 0 Å². The fourth-order valence-electron chi connectivity index (χ4n) is 0.318. The molecule has 0 rings (SSSR count). The Balaban J connectivity index is -0.0000000904. The molecule has 0 saturated carbocycles. The molecule has 6 nitrogen and oxygen atoms in total. The summed E-state index contributed by atoms with van der Waals surface area (Å²) in [5.74, 6) is -0.295. The fraction of sp³-hybridized carbons (Fsp3) is 0.571. The summed E-state index contributed by atoms with van der Waals surface area (Å²) < 4.78 is 38.8. The van der Waals surface area contributed by atoms with Crippen LogP contribution in [0, 0.1) is 0 Å². The van der Waals surface area contributed by atoms with Crippen molar-refractivity contribution in [3.05, 3.63) is 12.2 Å². The largest absolute Gasteiger partial charge is 1.00 e. The van der Waals surface area contributed by atoms with Crippen molar-refractivity contribution >= 4 is 16.4 Å². The molecule has 0 aliphatic rings. The Hall–Kier alpha value is 2.35. The summed E-state index contributed by atoms with van der Waals surface area (Å²) in [7, 11) is -5.17. The number of hydrogen-bond donors (Lipinski definition) is 0. The first kappa shape index (κ1) is 26.8. The van der Waals surface area contributed by atoms with Crippen LogP contribution in [0.1, 0.15) is 20.3 Å². The molecule has 0 bridgehead atoms. The number of carbonyl (C=O) groups excluding carboxylic acids is 1. The van der Waals surface area contributed by atoms with Crippen molar-refractivity contribution in [2.45, 2.75) is 20.3 Å². The summed E-state index contributed by atoms with van der Waals surface area (Å²) in [5.41, 5.74) is 0.462. The molecule has 84 valence electrons. The maximum absolute atomic E-state index is 10.6. The molecule has 16 heavy (non-hydrogen) atoms. The zero-order chi connectivity index (χ0) is 11.8. The van der Waals surface area contributed by atoms with Gasteiger partial charge in [0, 0.05) is 16.0 Å². The molecule has 0 unspecified atom stereocenters. The van der Waals surface area contributed by atoms with Crippen LogP contribution in [0.25, 0.3) is 0 Å². The predicted octanol–water partition coefficient (Wildman–Crippen LogP) is -5.81. The summed E-state index contributed by atoms with van der Waals surface area (Å²) in [4.78, 5) is 10.6. The molecule has 0 saturated heterocycles. The van der Waals surface area contributed by atoms with Crippen molar-refractivity contribution in [1.82, 2.24) is 0 Å². The SMILES string of the molecule is C=C(C)C(=O)OCCC.O=S(=O)([O-])[O-].[K+].[K+]. The van der Waals surface area contributed by atoms with Crippen LogP contribution < -0.4 is 103 Å². The topological polar surface area (TPSA) is 107 Å². The van der Waals surface area contributed by atoms with E-state index in [1.165, 1.54) is 0 Å². The zero-order valence-electron chi connectivity index (χ0n) is 9.98. The quantitative estimate of drug-likeness (QED) is 0.169. The van der Waals surface area contributed by atoms with Gasteiger partial charge < -0.3 is 13.8 Å². The van der Waals surface area contributed by atoms with E-state index in [0.29, 0.717) is 12.2 Å². The van der Waals surface area contributed by atoms with E-state index < -0.39 is 10.4 Å². The van der Waals surface area contributed by atoms with Crippen LogP contribution >= 0.6 is 0 Å². The summed E-state index contributed by atoms with van der Waals surface area (Å²) in [5, 5.41) is 0. The summed E-state index contributed by atoms with van der Waals surface area (Å²) in [6.45, 7) is 7.51. The number of ether oxygens (including phenoxy) is 1. The maximum atomic E-state index is 10.6. The molecule has 0 radical (unpaired) electrons. The Morgan fingerprint density at radius 3 is 1.81 bits per heavy atom. The van der Waals surface area contributed by atoms with E-state index in [2.05, 4.69) is 6.58 Å². The van der Waals surface area contributed by atoms with Crippen LogP contribution in [-0.4, -0.2) is 30.1 Å². The van der Waals surface area contributed by atoms with Gasteiger partial charge in [0.1, 0.15) is 0 Å². The Labute approximate surface area is 181 Å². The van der Waals surface area contributed by atoms with Crippen LogP contribution in [0.15, 0.2) is 12.2 Å². The third-order valence-corrected chi connectivity index (χ3v) is 0.786. The second-order valence-corrected chi connectivity index (χ2v) is 3.14. The fourth-order valence-corrected chi connectivity index (χ4v) is 0.318. The van der Waals surface area contributed by atoms with Gasteiger partial charge in [0.25, 0.3) is 0 Å². The van der Waals surface area contributed by atoms with Crippen molar-refractivity contribution in [3.63, 3.8) is 0 Å². The minimum Gasteiger partial charge on any atom is -0.759 e. The van der Waals surface area contributed by atoms with Crippen LogP contribution in [0.2, 0.25) is 0 Å². The molecule has 0 aromatic rings. The van der Waals surface area contributed by atoms with Crippen LogP contribution in [-0.2, 0) is 19.9 Å². The average molecular weight is 302 g/mol. The Morgan fingerprint density at radius 1 is 1.31 bits per heavy atom. The minimum atomic E-state index is -5.17. The van der Waals surface area contributed by atoms with Gasteiger partial charge in [-0.15, -0.1) is 0 Å². The predicted molar refractivity (Wildman–Crippen MR) is 46.5 cm³/mol. The van der Waals surface area contributed by atoms with Gasteiger partial charge in [-0.3, -0.25) is 8.42 Å². The zero-order valence-corrected chi connectivity index (χ0v) is 17.0. The maximum Gasteiger partial charge on any atom is 1.00 e. The van der Waals surface area contributed by atoms with E-state index in [-0.39, 0.29) is 109 Å². The van der Waals surface area contributed by atoms with E-state index in [1.54, 1.807) is 6.92 Å². The monoisotopic (exact) mass is 302 g/mol. The molecule has 0 aromatic heterocycles. The molecule has 0 aromatic carbocycles. The average Bonchev–Trinajstić information content (AvgIpc) is 1.96. The van der Waals surface area contributed by atoms with Crippen molar-refractivity contribution in [2.75, 3.05) is 6.61 Å². The molecule has 0 amide bonds. The Bertz CT molecular complexity index is 279. The van der Waals surface area contributed by atoms with Crippen LogP contribution in [0.3, 0.4) is 0 Å². The molecule has 0 N–H and O–H groups in total. The third kappa shape index (κ3) is 36.0. The second-order valence-electron chi connectivity index (χ2n) is 2.32. The van der Waals surface area contributed by atoms with Gasteiger partial charge in [-0.25, -0.2) is 4.79 Å². The van der Waals surface area contributed by atoms with Gasteiger partial charge in [0.2, 0.25) is 0 Å². The van der Waals surface area contributed by atoms with Gasteiger partial charge in [-0.2, -0.15) is 0 Å². The van der Waals surface area contributed by atoms with Gasteiger partial charge in [0.15, 0.2) is 0 Å². The first-order chi connectivity index (χ1) is 6.18. The van der Waals surface area contributed by atoms with Crippen molar-refractivity contribution < 1.29 is 130 Å². The van der Waals surface area contributed by atoms with Crippen molar-refractivity contribution in [3.8, 4) is 0 Å². The Morgan fingerprint density at radius 2 is 1.62 bits per heavy atom. The summed E-state index contributed by atoms with van der Waals surface area (Å²) in [6, 6.07) is 0. The Kier molecular flexibility index (Phi) is 25.8. The normalized spacial score (nSPS) is 8.50. The summed E-state index contributed by atoms with van der Waals surface area (Å²) in [6.07, 6.45) is 0.860. The molecule has 0 aliphatic carbocycles. The summed E-state index contributed by atoms with van der Waals surface area (Å²) >= 11 is 0.